The third kappa shape index (κ3) is 3.39. The van der Waals surface area contributed by atoms with E-state index in [-0.39, 0.29) is 0 Å². The second-order valence-electron chi connectivity index (χ2n) is 6.42. The number of rotatable bonds is 5. The second-order valence-corrected chi connectivity index (χ2v) is 9.67. The summed E-state index contributed by atoms with van der Waals surface area (Å²) in [5, 5.41) is 0. The minimum Gasteiger partial charge on any atom is -0.493 e. The van der Waals surface area contributed by atoms with E-state index >= 15 is 0 Å². The average Bonchev–Trinajstić information content (AvgIpc) is 3.24. The van der Waals surface area contributed by atoms with Crippen LogP contribution in [0.5, 0.6) is 11.5 Å². The fourth-order valence-corrected chi connectivity index (χ4v) is 6.18. The quantitative estimate of drug-likeness (QED) is 0.636. The molecule has 0 saturated heterocycles. The predicted octanol–water partition coefficient (Wildman–Crippen LogP) is 3.57. The molecule has 1 aliphatic rings. The summed E-state index contributed by atoms with van der Waals surface area (Å²) < 4.78 is 39.0. The maximum absolute atomic E-state index is 13.2. The summed E-state index contributed by atoms with van der Waals surface area (Å²) in [5.74, 6) is 1.27. The van der Waals surface area contributed by atoms with Gasteiger partial charge in [-0.1, -0.05) is 6.07 Å². The molecule has 2 aromatic heterocycles. The molecule has 0 radical (unpaired) electrons. The Balaban J connectivity index is 1.62. The molecular formula is C20H20N2O4S2. The molecule has 1 aromatic carbocycles. The Morgan fingerprint density at radius 2 is 1.82 bits per heavy atom. The first-order valence-corrected chi connectivity index (χ1v) is 11.0. The first-order chi connectivity index (χ1) is 13.5. The van der Waals surface area contributed by atoms with Crippen molar-refractivity contribution in [3.63, 3.8) is 0 Å². The molecule has 28 heavy (non-hydrogen) atoms. The zero-order chi connectivity index (χ0) is 19.7. The van der Waals surface area contributed by atoms with Crippen LogP contribution in [0.3, 0.4) is 0 Å². The van der Waals surface area contributed by atoms with Crippen LogP contribution in [0, 0.1) is 0 Å². The van der Waals surface area contributed by atoms with Crippen molar-refractivity contribution in [2.45, 2.75) is 17.2 Å². The third-order valence-corrected chi connectivity index (χ3v) is 8.25. The van der Waals surface area contributed by atoms with Crippen LogP contribution in [0.15, 0.2) is 53.0 Å². The van der Waals surface area contributed by atoms with E-state index in [1.165, 1.54) is 15.6 Å². The summed E-state index contributed by atoms with van der Waals surface area (Å²) in [7, 11) is -0.394. The number of methoxy groups -OCH3 is 2. The highest BCUT2D eigenvalue weighted by Crippen LogP contribution is 2.36. The van der Waals surface area contributed by atoms with E-state index in [4.69, 9.17) is 9.47 Å². The molecule has 0 amide bonds. The van der Waals surface area contributed by atoms with E-state index in [2.05, 4.69) is 4.98 Å². The minimum atomic E-state index is -3.57. The number of pyridine rings is 1. The van der Waals surface area contributed by atoms with Gasteiger partial charge in [-0.05, 0) is 47.9 Å². The molecule has 0 aliphatic carbocycles. The smallest absolute Gasteiger partial charge is 0.252 e. The Morgan fingerprint density at radius 3 is 2.50 bits per heavy atom. The zero-order valence-electron chi connectivity index (χ0n) is 15.6. The molecule has 0 bridgehead atoms. The van der Waals surface area contributed by atoms with Gasteiger partial charge in [0.15, 0.2) is 11.5 Å². The highest BCUT2D eigenvalue weighted by Gasteiger charge is 2.30. The molecular weight excluding hydrogens is 396 g/mol. The van der Waals surface area contributed by atoms with Crippen molar-refractivity contribution in [3.8, 4) is 21.9 Å². The number of aromatic nitrogens is 1. The molecule has 8 heteroatoms. The number of ether oxygens (including phenoxy) is 2. The van der Waals surface area contributed by atoms with E-state index in [1.807, 2.05) is 30.3 Å². The van der Waals surface area contributed by atoms with Crippen molar-refractivity contribution in [3.05, 3.63) is 59.9 Å². The largest absolute Gasteiger partial charge is 0.493 e. The van der Waals surface area contributed by atoms with Gasteiger partial charge in [-0.25, -0.2) is 8.42 Å². The molecule has 3 heterocycles. The molecule has 0 spiro atoms. The van der Waals surface area contributed by atoms with Gasteiger partial charge in [0.1, 0.15) is 4.21 Å². The topological polar surface area (TPSA) is 68.7 Å². The summed E-state index contributed by atoms with van der Waals surface area (Å²) >= 11 is 1.27. The van der Waals surface area contributed by atoms with Crippen molar-refractivity contribution in [2.75, 3.05) is 20.8 Å². The first-order valence-electron chi connectivity index (χ1n) is 8.77. The molecule has 0 N–H and O–H groups in total. The van der Waals surface area contributed by atoms with Crippen molar-refractivity contribution in [1.82, 2.24) is 9.29 Å². The van der Waals surface area contributed by atoms with Crippen LogP contribution in [0.4, 0.5) is 0 Å². The second kappa shape index (κ2) is 7.54. The highest BCUT2D eigenvalue weighted by molar-refractivity contribution is 7.91. The van der Waals surface area contributed by atoms with Crippen LogP contribution in [-0.4, -0.2) is 38.5 Å². The molecule has 0 saturated carbocycles. The number of nitrogens with zero attached hydrogens (tertiary/aromatic N) is 2. The van der Waals surface area contributed by atoms with Crippen molar-refractivity contribution in [2.24, 2.45) is 0 Å². The van der Waals surface area contributed by atoms with Gasteiger partial charge in [-0.2, -0.15) is 4.31 Å². The highest BCUT2D eigenvalue weighted by atomic mass is 32.2. The van der Waals surface area contributed by atoms with Crippen LogP contribution in [0.25, 0.3) is 10.4 Å². The number of thiophene rings is 1. The Bertz CT molecular complexity index is 1090. The number of benzene rings is 1. The average molecular weight is 417 g/mol. The van der Waals surface area contributed by atoms with E-state index in [0.29, 0.717) is 35.2 Å². The van der Waals surface area contributed by atoms with Crippen LogP contribution in [0.2, 0.25) is 0 Å². The monoisotopic (exact) mass is 416 g/mol. The summed E-state index contributed by atoms with van der Waals surface area (Å²) in [4.78, 5) is 4.99. The standard InChI is InChI=1S/C20H20N2O4S2/c1-25-17-10-14-7-9-22(13-16(14)11-18(17)26-2)28(23,24)20-6-5-19(27-20)15-4-3-8-21-12-15/h3-6,8,10-12H,7,9,13H2,1-2H3. The maximum atomic E-state index is 13.2. The van der Waals surface area contributed by atoms with Crippen LogP contribution in [-0.2, 0) is 23.0 Å². The van der Waals surface area contributed by atoms with Gasteiger partial charge in [0.05, 0.1) is 14.2 Å². The lowest BCUT2D eigenvalue weighted by Gasteiger charge is -2.28. The van der Waals surface area contributed by atoms with Crippen LogP contribution < -0.4 is 9.47 Å². The van der Waals surface area contributed by atoms with Gasteiger partial charge in [0.25, 0.3) is 10.0 Å². The van der Waals surface area contributed by atoms with E-state index in [1.54, 1.807) is 32.7 Å². The predicted molar refractivity (Wildman–Crippen MR) is 108 cm³/mol. The van der Waals surface area contributed by atoms with Gasteiger partial charge < -0.3 is 9.47 Å². The van der Waals surface area contributed by atoms with Gasteiger partial charge in [-0.15, -0.1) is 11.3 Å². The van der Waals surface area contributed by atoms with Crippen molar-refractivity contribution >= 4 is 21.4 Å². The van der Waals surface area contributed by atoms with Gasteiger partial charge in [-0.3, -0.25) is 4.98 Å². The Kier molecular flexibility index (Phi) is 5.09. The minimum absolute atomic E-state index is 0.318. The van der Waals surface area contributed by atoms with Gasteiger partial charge in [0.2, 0.25) is 0 Å². The first kappa shape index (κ1) is 18.9. The molecule has 1 aliphatic heterocycles. The summed E-state index contributed by atoms with van der Waals surface area (Å²) in [5.41, 5.74) is 2.94. The Hall–Kier alpha value is -2.42. The van der Waals surface area contributed by atoms with Crippen molar-refractivity contribution in [1.29, 1.82) is 0 Å². The lowest BCUT2D eigenvalue weighted by molar-refractivity contribution is 0.348. The third-order valence-electron chi connectivity index (χ3n) is 4.80. The molecule has 3 aromatic rings. The van der Waals surface area contributed by atoms with Gasteiger partial charge in [0, 0.05) is 35.9 Å². The van der Waals surface area contributed by atoms with E-state index in [9.17, 15) is 8.42 Å². The lowest BCUT2D eigenvalue weighted by Crippen LogP contribution is -2.35. The SMILES string of the molecule is COc1cc2c(cc1OC)CN(S(=O)(=O)c1ccc(-c3cccnc3)s1)CC2. The lowest BCUT2D eigenvalue weighted by atomic mass is 10.0. The van der Waals surface area contributed by atoms with E-state index < -0.39 is 10.0 Å². The maximum Gasteiger partial charge on any atom is 0.252 e. The number of hydrogen-bond acceptors (Lipinski definition) is 6. The Morgan fingerprint density at radius 1 is 1.07 bits per heavy atom. The fourth-order valence-electron chi connectivity index (χ4n) is 3.31. The van der Waals surface area contributed by atoms with Crippen molar-refractivity contribution < 1.29 is 17.9 Å². The molecule has 6 nitrogen and oxygen atoms in total. The van der Waals surface area contributed by atoms with Crippen LogP contribution >= 0.6 is 11.3 Å². The summed E-state index contributed by atoms with van der Waals surface area (Å²) in [6.45, 7) is 0.753. The van der Waals surface area contributed by atoms with Crippen LogP contribution in [0.1, 0.15) is 11.1 Å². The number of sulfonamides is 1. The van der Waals surface area contributed by atoms with Gasteiger partial charge >= 0.3 is 0 Å². The molecule has 0 fully saturated rings. The molecule has 146 valence electrons. The fraction of sp³-hybridized carbons (Fsp3) is 0.250. The number of hydrogen-bond donors (Lipinski definition) is 0. The molecule has 0 unspecified atom stereocenters. The molecule has 0 atom stereocenters. The summed E-state index contributed by atoms with van der Waals surface area (Å²) in [6.07, 6.45) is 4.07. The summed E-state index contributed by atoms with van der Waals surface area (Å²) in [6, 6.07) is 11.1. The normalized spacial score (nSPS) is 14.5. The number of fused-ring (bicyclic) bond motifs is 1. The molecule has 4 rings (SSSR count). The Labute approximate surface area is 168 Å². The van der Waals surface area contributed by atoms with E-state index in [0.717, 1.165) is 21.6 Å². The zero-order valence-corrected chi connectivity index (χ0v) is 17.2.